The minimum atomic E-state index is -4.31. The zero-order valence-electron chi connectivity index (χ0n) is 12.8. The highest BCUT2D eigenvalue weighted by molar-refractivity contribution is 6.00. The number of hydrogen-bond acceptors (Lipinski definition) is 3. The Kier molecular flexibility index (Phi) is 8.12. The number of aliphatic imine (C=N–C) groups is 1. The number of nitrogens with zero attached hydrogens (tertiary/aromatic N) is 1. The van der Waals surface area contributed by atoms with Crippen molar-refractivity contribution < 1.29 is 17.9 Å². The van der Waals surface area contributed by atoms with E-state index in [1.165, 1.54) is 12.1 Å². The minimum Gasteiger partial charge on any atom is -0.385 e. The summed E-state index contributed by atoms with van der Waals surface area (Å²) in [6, 6.07) is 5.17. The lowest BCUT2D eigenvalue weighted by molar-refractivity contribution is -0.137. The van der Waals surface area contributed by atoms with Gasteiger partial charge in [0.25, 0.3) is 0 Å². The summed E-state index contributed by atoms with van der Waals surface area (Å²) in [5.74, 6) is 0. The third kappa shape index (κ3) is 6.58. The number of ether oxygens (including phenoxy) is 1. The van der Waals surface area contributed by atoms with E-state index >= 15 is 0 Å². The second-order valence-electron chi connectivity index (χ2n) is 5.00. The second kappa shape index (κ2) is 9.58. The van der Waals surface area contributed by atoms with Crippen molar-refractivity contribution in [2.75, 3.05) is 26.8 Å². The molecule has 0 spiro atoms. The molecule has 0 aromatic heterocycles. The van der Waals surface area contributed by atoms with Crippen LogP contribution >= 0.6 is 0 Å². The summed E-state index contributed by atoms with van der Waals surface area (Å²) in [6.07, 6.45) is -1.04. The normalized spacial score (nSPS) is 12.7. The van der Waals surface area contributed by atoms with Gasteiger partial charge in [-0.3, -0.25) is 4.99 Å². The Morgan fingerprint density at radius 3 is 2.36 bits per heavy atom. The lowest BCUT2D eigenvalue weighted by Gasteiger charge is -2.10. The maximum absolute atomic E-state index is 12.6. The van der Waals surface area contributed by atoms with Gasteiger partial charge >= 0.3 is 6.18 Å². The van der Waals surface area contributed by atoms with E-state index in [9.17, 15) is 13.2 Å². The van der Waals surface area contributed by atoms with Gasteiger partial charge in [0.2, 0.25) is 0 Å². The van der Waals surface area contributed by atoms with Crippen molar-refractivity contribution in [3.63, 3.8) is 0 Å². The van der Waals surface area contributed by atoms with Crippen LogP contribution in [0, 0.1) is 0 Å². The molecule has 1 rings (SSSR count). The van der Waals surface area contributed by atoms with Crippen molar-refractivity contribution in [1.82, 2.24) is 0 Å². The van der Waals surface area contributed by atoms with Crippen LogP contribution in [0.25, 0.3) is 0 Å². The fourth-order valence-electron chi connectivity index (χ4n) is 2.01. The van der Waals surface area contributed by atoms with Crippen molar-refractivity contribution in [3.05, 3.63) is 35.4 Å². The summed E-state index contributed by atoms with van der Waals surface area (Å²) in [7, 11) is 1.64. The molecule has 22 heavy (non-hydrogen) atoms. The first-order chi connectivity index (χ1) is 10.5. The molecule has 0 heterocycles. The Hall–Kier alpha value is -1.40. The number of benzene rings is 1. The smallest absolute Gasteiger partial charge is 0.385 e. The number of halogens is 3. The third-order valence-electron chi connectivity index (χ3n) is 3.22. The quantitative estimate of drug-likeness (QED) is 0.558. The van der Waals surface area contributed by atoms with Crippen molar-refractivity contribution >= 4 is 5.71 Å². The molecule has 0 aliphatic heterocycles. The van der Waals surface area contributed by atoms with Gasteiger partial charge < -0.3 is 10.5 Å². The Morgan fingerprint density at radius 1 is 1.14 bits per heavy atom. The van der Waals surface area contributed by atoms with E-state index in [-0.39, 0.29) is 0 Å². The van der Waals surface area contributed by atoms with E-state index in [1.54, 1.807) is 7.11 Å². The molecular weight excluding hydrogens is 293 g/mol. The molecule has 0 unspecified atom stereocenters. The summed E-state index contributed by atoms with van der Waals surface area (Å²) in [5.41, 5.74) is 6.38. The monoisotopic (exact) mass is 316 g/mol. The Morgan fingerprint density at radius 2 is 1.82 bits per heavy atom. The van der Waals surface area contributed by atoms with Crippen molar-refractivity contribution in [2.45, 2.75) is 31.9 Å². The zero-order valence-corrected chi connectivity index (χ0v) is 12.8. The molecule has 124 valence electrons. The molecule has 0 amide bonds. The topological polar surface area (TPSA) is 47.6 Å². The molecule has 0 bridgehead atoms. The highest BCUT2D eigenvalue weighted by atomic mass is 19.4. The lowest BCUT2D eigenvalue weighted by atomic mass is 10.0. The number of rotatable bonds is 9. The van der Waals surface area contributed by atoms with Crippen LogP contribution in [0.1, 0.15) is 36.8 Å². The van der Waals surface area contributed by atoms with Crippen LogP contribution in [0.2, 0.25) is 0 Å². The molecule has 3 nitrogen and oxygen atoms in total. The van der Waals surface area contributed by atoms with E-state index < -0.39 is 11.7 Å². The summed E-state index contributed by atoms with van der Waals surface area (Å²) in [5, 5.41) is 0. The largest absolute Gasteiger partial charge is 0.416 e. The Balaban J connectivity index is 2.78. The van der Waals surface area contributed by atoms with Crippen LogP contribution in [0.15, 0.2) is 29.3 Å². The standard InChI is InChI=1S/C16H23F3N2O/c1-22-12-3-2-5-15(21-11-4-10-20)13-6-8-14(9-7-13)16(17,18)19/h6-9H,2-5,10-12,20H2,1H3. The van der Waals surface area contributed by atoms with Gasteiger partial charge in [-0.05, 0) is 49.9 Å². The predicted molar refractivity (Wildman–Crippen MR) is 82.2 cm³/mol. The van der Waals surface area contributed by atoms with Gasteiger partial charge in [-0.1, -0.05) is 12.1 Å². The summed E-state index contributed by atoms with van der Waals surface area (Å²) in [4.78, 5) is 4.49. The molecule has 0 radical (unpaired) electrons. The summed E-state index contributed by atoms with van der Waals surface area (Å²) >= 11 is 0. The van der Waals surface area contributed by atoms with Gasteiger partial charge in [-0.25, -0.2) is 0 Å². The SMILES string of the molecule is COCCCCC(=NCCCN)c1ccc(C(F)(F)F)cc1. The Labute approximate surface area is 129 Å². The fraction of sp³-hybridized carbons (Fsp3) is 0.562. The van der Waals surface area contributed by atoms with Gasteiger partial charge in [-0.15, -0.1) is 0 Å². The molecule has 0 aliphatic rings. The number of nitrogens with two attached hydrogens (primary N) is 1. The van der Waals surface area contributed by atoms with Crippen LogP contribution in [0.3, 0.4) is 0 Å². The van der Waals surface area contributed by atoms with Gasteiger partial charge in [0.05, 0.1) is 5.56 Å². The van der Waals surface area contributed by atoms with Crippen LogP contribution in [0.4, 0.5) is 13.2 Å². The molecule has 0 aliphatic carbocycles. The van der Waals surface area contributed by atoms with E-state index in [0.717, 1.165) is 49.1 Å². The molecule has 0 saturated carbocycles. The predicted octanol–water partition coefficient (Wildman–Crippen LogP) is 3.66. The van der Waals surface area contributed by atoms with E-state index in [2.05, 4.69) is 4.99 Å². The lowest BCUT2D eigenvalue weighted by Crippen LogP contribution is -2.08. The summed E-state index contributed by atoms with van der Waals surface area (Å²) in [6.45, 7) is 1.81. The first-order valence-electron chi connectivity index (χ1n) is 7.39. The maximum atomic E-state index is 12.6. The van der Waals surface area contributed by atoms with Crippen molar-refractivity contribution in [3.8, 4) is 0 Å². The molecule has 1 aromatic rings. The number of methoxy groups -OCH3 is 1. The van der Waals surface area contributed by atoms with Gasteiger partial charge in [0, 0.05) is 26.0 Å². The molecule has 0 saturated heterocycles. The number of alkyl halides is 3. The molecule has 0 atom stereocenters. The average Bonchev–Trinajstić information content (AvgIpc) is 2.49. The highest BCUT2D eigenvalue weighted by Crippen LogP contribution is 2.29. The number of hydrogen-bond donors (Lipinski definition) is 1. The van der Waals surface area contributed by atoms with Crippen LogP contribution in [-0.4, -0.2) is 32.5 Å². The first kappa shape index (κ1) is 18.6. The van der Waals surface area contributed by atoms with Crippen molar-refractivity contribution in [2.24, 2.45) is 10.7 Å². The fourth-order valence-corrected chi connectivity index (χ4v) is 2.01. The zero-order chi connectivity index (χ0) is 16.4. The highest BCUT2D eigenvalue weighted by Gasteiger charge is 2.30. The van der Waals surface area contributed by atoms with Crippen LogP contribution in [-0.2, 0) is 10.9 Å². The van der Waals surface area contributed by atoms with E-state index in [4.69, 9.17) is 10.5 Å². The molecule has 0 fully saturated rings. The molecule has 6 heteroatoms. The van der Waals surface area contributed by atoms with E-state index in [0.29, 0.717) is 19.7 Å². The van der Waals surface area contributed by atoms with Gasteiger partial charge in [0.1, 0.15) is 0 Å². The van der Waals surface area contributed by atoms with Gasteiger partial charge in [-0.2, -0.15) is 13.2 Å². The third-order valence-corrected chi connectivity index (χ3v) is 3.22. The maximum Gasteiger partial charge on any atom is 0.416 e. The van der Waals surface area contributed by atoms with Crippen molar-refractivity contribution in [1.29, 1.82) is 0 Å². The van der Waals surface area contributed by atoms with Crippen LogP contribution < -0.4 is 5.73 Å². The number of unbranched alkanes of at least 4 members (excludes halogenated alkanes) is 1. The Bertz CT molecular complexity index is 455. The molecule has 2 N–H and O–H groups in total. The second-order valence-corrected chi connectivity index (χ2v) is 5.00. The minimum absolute atomic E-state index is 0.549. The first-order valence-corrected chi connectivity index (χ1v) is 7.39. The van der Waals surface area contributed by atoms with Gasteiger partial charge in [0.15, 0.2) is 0 Å². The van der Waals surface area contributed by atoms with Crippen LogP contribution in [0.5, 0.6) is 0 Å². The summed E-state index contributed by atoms with van der Waals surface area (Å²) < 4.78 is 42.8. The molecular formula is C16H23F3N2O. The average molecular weight is 316 g/mol. The molecule has 1 aromatic carbocycles. The van der Waals surface area contributed by atoms with E-state index in [1.807, 2.05) is 0 Å².